The predicted molar refractivity (Wildman–Crippen MR) is 105 cm³/mol. The van der Waals surface area contributed by atoms with Gasteiger partial charge < -0.3 is 20.3 Å². The summed E-state index contributed by atoms with van der Waals surface area (Å²) in [6.45, 7) is 3.67. The van der Waals surface area contributed by atoms with Crippen LogP contribution in [0.1, 0.15) is 17.3 Å². The average Bonchev–Trinajstić information content (AvgIpc) is 2.69. The molecule has 0 atom stereocenters. The summed E-state index contributed by atoms with van der Waals surface area (Å²) in [5.74, 6) is -0.638. The lowest BCUT2D eigenvalue weighted by atomic mass is 10.1. The van der Waals surface area contributed by atoms with E-state index in [2.05, 4.69) is 10.6 Å². The number of carbonyl (C=O) groups excluding carboxylic acids is 2. The molecule has 1 fully saturated rings. The first kappa shape index (κ1) is 19.3. The van der Waals surface area contributed by atoms with Gasteiger partial charge in [-0.1, -0.05) is 0 Å². The van der Waals surface area contributed by atoms with E-state index in [4.69, 9.17) is 4.74 Å². The number of nitro benzene ring substituents is 1. The van der Waals surface area contributed by atoms with Crippen molar-refractivity contribution in [3.63, 3.8) is 0 Å². The third-order valence-corrected chi connectivity index (χ3v) is 4.25. The van der Waals surface area contributed by atoms with Gasteiger partial charge in [-0.2, -0.15) is 0 Å². The molecule has 1 aliphatic rings. The molecule has 0 aromatic heterocycles. The van der Waals surface area contributed by atoms with Gasteiger partial charge in [0.1, 0.15) is 0 Å². The van der Waals surface area contributed by atoms with Crippen LogP contribution in [0.4, 0.5) is 22.7 Å². The Morgan fingerprint density at radius 2 is 1.64 bits per heavy atom. The lowest BCUT2D eigenvalue weighted by Crippen LogP contribution is -2.37. The molecule has 0 bridgehead atoms. The van der Waals surface area contributed by atoms with Crippen LogP contribution < -0.4 is 15.5 Å². The molecular formula is C19H20N4O5. The highest BCUT2D eigenvalue weighted by molar-refractivity contribution is 6.08. The molecule has 9 heteroatoms. The lowest BCUT2D eigenvalue weighted by molar-refractivity contribution is -0.384. The quantitative estimate of drug-likeness (QED) is 0.605. The van der Waals surface area contributed by atoms with Crippen LogP contribution in [0.15, 0.2) is 42.5 Å². The smallest absolute Gasteiger partial charge is 0.270 e. The van der Waals surface area contributed by atoms with Crippen LogP contribution in [0.25, 0.3) is 0 Å². The van der Waals surface area contributed by atoms with Gasteiger partial charge in [-0.05, 0) is 30.3 Å². The van der Waals surface area contributed by atoms with Crippen LogP contribution in [0.2, 0.25) is 0 Å². The maximum absolute atomic E-state index is 12.9. The molecule has 9 nitrogen and oxygen atoms in total. The van der Waals surface area contributed by atoms with Crippen molar-refractivity contribution in [2.75, 3.05) is 41.8 Å². The van der Waals surface area contributed by atoms with Crippen molar-refractivity contribution < 1.29 is 19.2 Å². The molecule has 0 radical (unpaired) electrons. The van der Waals surface area contributed by atoms with E-state index in [0.29, 0.717) is 43.4 Å². The van der Waals surface area contributed by atoms with Gasteiger partial charge in [0.05, 0.1) is 29.4 Å². The van der Waals surface area contributed by atoms with Gasteiger partial charge in [-0.3, -0.25) is 19.7 Å². The first-order valence-corrected chi connectivity index (χ1v) is 8.74. The summed E-state index contributed by atoms with van der Waals surface area (Å²) >= 11 is 0. The molecular weight excluding hydrogens is 364 g/mol. The maximum atomic E-state index is 12.9. The molecule has 1 aliphatic heterocycles. The predicted octanol–water partition coefficient (Wildman–Crippen LogP) is 2.64. The minimum atomic E-state index is -0.526. The number of hydrogen-bond acceptors (Lipinski definition) is 6. The lowest BCUT2D eigenvalue weighted by Gasteiger charge is -2.30. The zero-order chi connectivity index (χ0) is 20.1. The molecule has 3 rings (SSSR count). The van der Waals surface area contributed by atoms with Gasteiger partial charge in [0.25, 0.3) is 11.6 Å². The number of morpholine rings is 1. The molecule has 0 saturated carbocycles. The van der Waals surface area contributed by atoms with Gasteiger partial charge in [0.15, 0.2) is 0 Å². The van der Waals surface area contributed by atoms with Gasteiger partial charge in [-0.15, -0.1) is 0 Å². The number of ether oxygens (including phenoxy) is 1. The Labute approximate surface area is 161 Å². The molecule has 2 amide bonds. The van der Waals surface area contributed by atoms with Crippen LogP contribution in [0.3, 0.4) is 0 Å². The summed E-state index contributed by atoms with van der Waals surface area (Å²) in [6.07, 6.45) is 0. The van der Waals surface area contributed by atoms with E-state index in [1.807, 2.05) is 4.90 Å². The summed E-state index contributed by atoms with van der Waals surface area (Å²) in [4.78, 5) is 36.5. The Morgan fingerprint density at radius 1 is 1.04 bits per heavy atom. The first-order valence-electron chi connectivity index (χ1n) is 8.74. The number of rotatable bonds is 5. The Bertz CT molecular complexity index is 892. The van der Waals surface area contributed by atoms with Gasteiger partial charge in [0.2, 0.25) is 5.91 Å². The van der Waals surface area contributed by atoms with Crippen molar-refractivity contribution >= 4 is 34.6 Å². The topological polar surface area (TPSA) is 114 Å². The van der Waals surface area contributed by atoms with E-state index in [9.17, 15) is 19.7 Å². The van der Waals surface area contributed by atoms with Crippen LogP contribution >= 0.6 is 0 Å². The summed E-state index contributed by atoms with van der Waals surface area (Å²) in [7, 11) is 0. The van der Waals surface area contributed by atoms with E-state index in [-0.39, 0.29) is 17.2 Å². The fraction of sp³-hybridized carbons (Fsp3) is 0.263. The SMILES string of the molecule is CC(=O)Nc1ccc(NC(=O)c2cc([N+](=O)[O-])ccc2N2CCOCC2)cc1. The molecule has 0 aliphatic carbocycles. The molecule has 1 saturated heterocycles. The minimum absolute atomic E-state index is 0.150. The van der Waals surface area contributed by atoms with Crippen molar-refractivity contribution in [3.8, 4) is 0 Å². The van der Waals surface area contributed by atoms with E-state index >= 15 is 0 Å². The van der Waals surface area contributed by atoms with Crippen LogP contribution in [0, 0.1) is 10.1 Å². The first-order chi connectivity index (χ1) is 13.4. The fourth-order valence-corrected chi connectivity index (χ4v) is 2.94. The number of benzene rings is 2. The monoisotopic (exact) mass is 384 g/mol. The molecule has 2 aromatic carbocycles. The normalized spacial score (nSPS) is 13.7. The van der Waals surface area contributed by atoms with Crippen molar-refractivity contribution in [1.29, 1.82) is 0 Å². The fourth-order valence-electron chi connectivity index (χ4n) is 2.94. The second kappa shape index (κ2) is 8.49. The minimum Gasteiger partial charge on any atom is -0.378 e. The molecule has 2 N–H and O–H groups in total. The molecule has 2 aromatic rings. The number of nitro groups is 1. The number of carbonyl (C=O) groups is 2. The van der Waals surface area contributed by atoms with E-state index in [1.54, 1.807) is 30.3 Å². The van der Waals surface area contributed by atoms with E-state index in [0.717, 1.165) is 0 Å². The number of amides is 2. The van der Waals surface area contributed by atoms with Crippen LogP contribution in [0.5, 0.6) is 0 Å². The summed E-state index contributed by atoms with van der Waals surface area (Å²) in [5, 5.41) is 16.5. The van der Waals surface area contributed by atoms with Crippen molar-refractivity contribution in [3.05, 3.63) is 58.1 Å². The van der Waals surface area contributed by atoms with Crippen molar-refractivity contribution in [2.45, 2.75) is 6.92 Å². The zero-order valence-electron chi connectivity index (χ0n) is 15.3. The summed E-state index contributed by atoms with van der Waals surface area (Å²) in [5.41, 5.74) is 1.82. The van der Waals surface area contributed by atoms with Crippen molar-refractivity contribution in [1.82, 2.24) is 0 Å². The molecule has 146 valence electrons. The second-order valence-corrected chi connectivity index (χ2v) is 6.27. The molecule has 28 heavy (non-hydrogen) atoms. The average molecular weight is 384 g/mol. The van der Waals surface area contributed by atoms with E-state index in [1.165, 1.54) is 19.1 Å². The Hall–Kier alpha value is -3.46. The van der Waals surface area contributed by atoms with Gasteiger partial charge in [-0.25, -0.2) is 0 Å². The third-order valence-electron chi connectivity index (χ3n) is 4.25. The highest BCUT2D eigenvalue weighted by Crippen LogP contribution is 2.27. The van der Waals surface area contributed by atoms with Gasteiger partial charge in [0, 0.05) is 43.5 Å². The van der Waals surface area contributed by atoms with Crippen LogP contribution in [-0.4, -0.2) is 43.0 Å². The maximum Gasteiger partial charge on any atom is 0.270 e. The Balaban J connectivity index is 1.85. The highest BCUT2D eigenvalue weighted by Gasteiger charge is 2.22. The van der Waals surface area contributed by atoms with Gasteiger partial charge >= 0.3 is 0 Å². The third kappa shape index (κ3) is 4.63. The molecule has 1 heterocycles. The molecule has 0 unspecified atom stereocenters. The number of nitrogens with zero attached hydrogens (tertiary/aromatic N) is 2. The van der Waals surface area contributed by atoms with Crippen molar-refractivity contribution in [2.24, 2.45) is 0 Å². The van der Waals surface area contributed by atoms with E-state index < -0.39 is 10.8 Å². The number of non-ortho nitro benzene ring substituents is 1. The second-order valence-electron chi connectivity index (χ2n) is 6.27. The Morgan fingerprint density at radius 3 is 2.21 bits per heavy atom. The summed E-state index contributed by atoms with van der Waals surface area (Å²) in [6, 6.07) is 10.9. The number of anilines is 3. The highest BCUT2D eigenvalue weighted by atomic mass is 16.6. The summed E-state index contributed by atoms with van der Waals surface area (Å²) < 4.78 is 5.34. The number of hydrogen-bond donors (Lipinski definition) is 2. The largest absolute Gasteiger partial charge is 0.378 e. The molecule has 0 spiro atoms. The zero-order valence-corrected chi connectivity index (χ0v) is 15.3. The Kier molecular flexibility index (Phi) is 5.85. The van der Waals surface area contributed by atoms with Crippen LogP contribution in [-0.2, 0) is 9.53 Å². The number of nitrogens with one attached hydrogen (secondary N) is 2. The standard InChI is InChI=1S/C19H20N4O5/c1-13(24)20-14-2-4-15(5-3-14)21-19(25)17-12-16(23(26)27)6-7-18(17)22-8-10-28-11-9-22/h2-7,12H,8-11H2,1H3,(H,20,24)(H,21,25).